The van der Waals surface area contributed by atoms with Gasteiger partial charge in [-0.3, -0.25) is 4.72 Å². The van der Waals surface area contributed by atoms with E-state index in [1.54, 1.807) is 0 Å². The summed E-state index contributed by atoms with van der Waals surface area (Å²) >= 11 is 5.74. The van der Waals surface area contributed by atoms with Gasteiger partial charge in [-0.25, -0.2) is 18.4 Å². The Morgan fingerprint density at radius 3 is 2.29 bits per heavy atom. The molecule has 2 N–H and O–H groups in total. The maximum absolute atomic E-state index is 12.3. The Morgan fingerprint density at radius 2 is 1.62 bits per heavy atom. The summed E-state index contributed by atoms with van der Waals surface area (Å²) in [6.45, 7) is 0. The Morgan fingerprint density at radius 1 is 0.958 bits per heavy atom. The molecule has 8 heteroatoms. The Kier molecular flexibility index (Phi) is 4.37. The van der Waals surface area contributed by atoms with Gasteiger partial charge in [-0.1, -0.05) is 48.0 Å². The van der Waals surface area contributed by atoms with Crippen LogP contribution in [0.1, 0.15) is 0 Å². The van der Waals surface area contributed by atoms with Gasteiger partial charge in [0.25, 0.3) is 10.0 Å². The van der Waals surface area contributed by atoms with Crippen LogP contribution in [0.3, 0.4) is 0 Å². The number of halogens is 1. The molecule has 0 unspecified atom stereocenters. The summed E-state index contributed by atoms with van der Waals surface area (Å²) in [5, 5.41) is 9.77. The molecule has 0 amide bonds. The first kappa shape index (κ1) is 16.2. The largest absolute Gasteiger partial charge is 0.505 e. The van der Waals surface area contributed by atoms with Crippen molar-refractivity contribution in [3.63, 3.8) is 0 Å². The van der Waals surface area contributed by atoms with Crippen molar-refractivity contribution in [2.75, 3.05) is 4.72 Å². The number of anilines is 1. The molecule has 0 saturated carbocycles. The zero-order valence-electron chi connectivity index (χ0n) is 12.2. The van der Waals surface area contributed by atoms with Crippen LogP contribution in [0.5, 0.6) is 5.75 Å². The quantitative estimate of drug-likeness (QED) is 0.743. The second kappa shape index (κ2) is 6.46. The molecule has 122 valence electrons. The number of nitrogens with zero attached hydrogens (tertiary/aromatic N) is 2. The van der Waals surface area contributed by atoms with Gasteiger partial charge in [0.05, 0.1) is 23.1 Å². The zero-order chi connectivity index (χ0) is 17.2. The molecule has 0 fully saturated rings. The van der Waals surface area contributed by atoms with Gasteiger partial charge in [-0.2, -0.15) is 0 Å². The number of phenolic OH excluding ortho intramolecular Hbond substituents is 1. The molecule has 2 aromatic carbocycles. The number of rotatable bonds is 4. The van der Waals surface area contributed by atoms with Crippen molar-refractivity contribution in [1.29, 1.82) is 0 Å². The highest BCUT2D eigenvalue weighted by Gasteiger charge is 2.20. The van der Waals surface area contributed by atoms with Crippen LogP contribution < -0.4 is 4.72 Å². The van der Waals surface area contributed by atoms with Crippen LogP contribution in [0, 0.1) is 0 Å². The van der Waals surface area contributed by atoms with Gasteiger partial charge < -0.3 is 5.11 Å². The van der Waals surface area contributed by atoms with Crippen LogP contribution >= 0.6 is 11.6 Å². The van der Waals surface area contributed by atoms with E-state index in [4.69, 9.17) is 11.6 Å². The fourth-order valence-corrected chi connectivity index (χ4v) is 3.42. The van der Waals surface area contributed by atoms with E-state index in [2.05, 4.69) is 14.7 Å². The third-order valence-electron chi connectivity index (χ3n) is 3.18. The van der Waals surface area contributed by atoms with E-state index in [1.807, 2.05) is 30.3 Å². The Bertz CT molecular complexity index is 962. The number of nitrogens with one attached hydrogen (secondary N) is 1. The molecule has 3 rings (SSSR count). The summed E-state index contributed by atoms with van der Waals surface area (Å²) in [6.07, 6.45) is 2.71. The molecule has 3 aromatic rings. The predicted molar refractivity (Wildman–Crippen MR) is 91.4 cm³/mol. The third kappa shape index (κ3) is 3.32. The van der Waals surface area contributed by atoms with Crippen molar-refractivity contribution >= 4 is 27.3 Å². The van der Waals surface area contributed by atoms with Crippen molar-refractivity contribution in [2.24, 2.45) is 0 Å². The molecule has 0 aliphatic carbocycles. The molecule has 1 aromatic heterocycles. The van der Waals surface area contributed by atoms with Crippen LogP contribution in [0.4, 0.5) is 5.69 Å². The standard InChI is InChI=1S/C16H12ClN3O3S/c17-13-7-4-8-14(15(13)21)24(22,23)20-12-9-18-16(19-10-12)11-5-2-1-3-6-11/h1-10,20-21H. The average molecular weight is 362 g/mol. The molecule has 0 aliphatic heterocycles. The van der Waals surface area contributed by atoms with Gasteiger partial charge in [0.2, 0.25) is 0 Å². The van der Waals surface area contributed by atoms with E-state index in [9.17, 15) is 13.5 Å². The Balaban J connectivity index is 1.87. The van der Waals surface area contributed by atoms with Gasteiger partial charge in [-0.05, 0) is 12.1 Å². The first-order chi connectivity index (χ1) is 11.5. The smallest absolute Gasteiger partial charge is 0.265 e. The molecule has 24 heavy (non-hydrogen) atoms. The van der Waals surface area contributed by atoms with E-state index in [0.717, 1.165) is 5.56 Å². The number of benzene rings is 2. The molecule has 0 aliphatic rings. The molecule has 0 atom stereocenters. The lowest BCUT2D eigenvalue weighted by molar-refractivity contribution is 0.459. The summed E-state index contributed by atoms with van der Waals surface area (Å²) in [7, 11) is -4.01. The van der Waals surface area contributed by atoms with Gasteiger partial charge in [0.1, 0.15) is 4.90 Å². The van der Waals surface area contributed by atoms with Gasteiger partial charge in [0, 0.05) is 5.56 Å². The minimum atomic E-state index is -4.01. The van der Waals surface area contributed by atoms with Crippen molar-refractivity contribution in [2.45, 2.75) is 4.90 Å². The average Bonchev–Trinajstić information content (AvgIpc) is 2.58. The van der Waals surface area contributed by atoms with Crippen molar-refractivity contribution < 1.29 is 13.5 Å². The summed E-state index contributed by atoms with van der Waals surface area (Å²) in [5.41, 5.74) is 0.994. The van der Waals surface area contributed by atoms with Crippen LogP contribution in [0.25, 0.3) is 11.4 Å². The highest BCUT2D eigenvalue weighted by atomic mass is 35.5. The first-order valence-corrected chi connectivity index (χ1v) is 8.71. The van der Waals surface area contributed by atoms with E-state index < -0.39 is 15.8 Å². The third-order valence-corrected chi connectivity index (χ3v) is 4.89. The van der Waals surface area contributed by atoms with Gasteiger partial charge in [-0.15, -0.1) is 0 Å². The Hall–Kier alpha value is -2.64. The van der Waals surface area contributed by atoms with E-state index in [-0.39, 0.29) is 15.6 Å². The number of para-hydroxylation sites is 1. The lowest BCUT2D eigenvalue weighted by atomic mass is 10.2. The van der Waals surface area contributed by atoms with Crippen LogP contribution in [-0.2, 0) is 10.0 Å². The van der Waals surface area contributed by atoms with Crippen molar-refractivity contribution in [1.82, 2.24) is 9.97 Å². The summed E-state index contributed by atoms with van der Waals surface area (Å²) < 4.78 is 27.0. The minimum Gasteiger partial charge on any atom is -0.505 e. The van der Waals surface area contributed by atoms with Crippen molar-refractivity contribution in [3.05, 3.63) is 65.9 Å². The molecule has 6 nitrogen and oxygen atoms in total. The molecule has 1 heterocycles. The normalized spacial score (nSPS) is 11.2. The van der Waals surface area contributed by atoms with E-state index >= 15 is 0 Å². The number of hydrogen-bond donors (Lipinski definition) is 2. The number of sulfonamides is 1. The molecular weight excluding hydrogens is 350 g/mol. The van der Waals surface area contributed by atoms with Crippen LogP contribution in [-0.4, -0.2) is 23.5 Å². The zero-order valence-corrected chi connectivity index (χ0v) is 13.8. The monoisotopic (exact) mass is 361 g/mol. The minimum absolute atomic E-state index is 0.0476. The maximum atomic E-state index is 12.3. The van der Waals surface area contributed by atoms with E-state index in [0.29, 0.717) is 5.82 Å². The number of hydrogen-bond acceptors (Lipinski definition) is 5. The van der Waals surface area contributed by atoms with Gasteiger partial charge >= 0.3 is 0 Å². The fraction of sp³-hybridized carbons (Fsp3) is 0. The molecule has 0 saturated heterocycles. The highest BCUT2D eigenvalue weighted by Crippen LogP contribution is 2.31. The predicted octanol–water partition coefficient (Wildman–Crippen LogP) is 3.30. The second-order valence-corrected chi connectivity index (χ2v) is 6.91. The number of phenols is 1. The van der Waals surface area contributed by atoms with Gasteiger partial charge in [0.15, 0.2) is 11.6 Å². The molecule has 0 radical (unpaired) electrons. The molecule has 0 bridgehead atoms. The maximum Gasteiger partial charge on any atom is 0.265 e. The van der Waals surface area contributed by atoms with Crippen LogP contribution in [0.15, 0.2) is 65.8 Å². The molecular formula is C16H12ClN3O3S. The first-order valence-electron chi connectivity index (χ1n) is 6.85. The summed E-state index contributed by atoms with van der Waals surface area (Å²) in [5.74, 6) is -0.0300. The summed E-state index contributed by atoms with van der Waals surface area (Å²) in [6, 6.07) is 13.4. The van der Waals surface area contributed by atoms with Crippen molar-refractivity contribution in [3.8, 4) is 17.1 Å². The SMILES string of the molecule is O=S(=O)(Nc1cnc(-c2ccccc2)nc1)c1cccc(Cl)c1O. The topological polar surface area (TPSA) is 92.2 Å². The Labute approximate surface area is 143 Å². The lowest BCUT2D eigenvalue weighted by Gasteiger charge is -2.10. The second-order valence-electron chi connectivity index (χ2n) is 4.85. The molecule has 0 spiro atoms. The van der Waals surface area contributed by atoms with Crippen LogP contribution in [0.2, 0.25) is 5.02 Å². The number of aromatic hydroxyl groups is 1. The highest BCUT2D eigenvalue weighted by molar-refractivity contribution is 7.92. The summed E-state index contributed by atoms with van der Waals surface area (Å²) in [4.78, 5) is 7.96. The fourth-order valence-electron chi connectivity index (χ4n) is 2.04. The lowest BCUT2D eigenvalue weighted by Crippen LogP contribution is -2.13. The van der Waals surface area contributed by atoms with E-state index in [1.165, 1.54) is 30.6 Å². The number of aromatic nitrogens is 2.